The average Bonchev–Trinajstić information content (AvgIpc) is 2.80. The van der Waals surface area contributed by atoms with Crippen molar-refractivity contribution in [1.82, 2.24) is 14.8 Å². The van der Waals surface area contributed by atoms with Gasteiger partial charge in [-0.2, -0.15) is 0 Å². The number of nitrogens with zero attached hydrogens (tertiary/aromatic N) is 3. The Morgan fingerprint density at radius 3 is 2.19 bits per heavy atom. The van der Waals surface area contributed by atoms with Crippen LogP contribution in [0.1, 0.15) is 15.9 Å². The van der Waals surface area contributed by atoms with E-state index in [1.165, 1.54) is 0 Å². The van der Waals surface area contributed by atoms with Gasteiger partial charge in [0.1, 0.15) is 11.5 Å². The highest BCUT2D eigenvalue weighted by Gasteiger charge is 2.23. The van der Waals surface area contributed by atoms with Gasteiger partial charge in [-0.05, 0) is 30.3 Å². The number of hydrogen-bond acceptors (Lipinski definition) is 7. The van der Waals surface area contributed by atoms with Crippen molar-refractivity contribution in [2.75, 3.05) is 40.4 Å². The number of rotatable bonds is 5. The fraction of sp³-hybridized carbons (Fsp3) is 0.333. The number of carboxylic acids is 2. The number of methoxy groups -OCH3 is 2. The molecule has 2 heterocycles. The summed E-state index contributed by atoms with van der Waals surface area (Å²) in [5.41, 5.74) is 1.74. The van der Waals surface area contributed by atoms with Gasteiger partial charge >= 0.3 is 11.9 Å². The molecule has 166 valence electrons. The van der Waals surface area contributed by atoms with Gasteiger partial charge in [0.2, 0.25) is 0 Å². The molecule has 31 heavy (non-hydrogen) atoms. The quantitative estimate of drug-likeness (QED) is 0.671. The zero-order valence-corrected chi connectivity index (χ0v) is 17.4. The number of piperazine rings is 1. The van der Waals surface area contributed by atoms with E-state index in [9.17, 15) is 4.79 Å². The summed E-state index contributed by atoms with van der Waals surface area (Å²) in [6.07, 6.45) is 3.30. The predicted octanol–water partition coefficient (Wildman–Crippen LogP) is 1.21. The largest absolute Gasteiger partial charge is 0.497 e. The van der Waals surface area contributed by atoms with Crippen molar-refractivity contribution >= 4 is 17.8 Å². The summed E-state index contributed by atoms with van der Waals surface area (Å²) >= 11 is 0. The highest BCUT2D eigenvalue weighted by atomic mass is 16.5. The van der Waals surface area contributed by atoms with Crippen LogP contribution in [0.5, 0.6) is 11.5 Å². The molecule has 0 spiro atoms. The summed E-state index contributed by atoms with van der Waals surface area (Å²) in [5, 5.41) is 14.8. The molecule has 1 saturated heterocycles. The number of aromatic nitrogens is 1. The van der Waals surface area contributed by atoms with Gasteiger partial charge in [0.05, 0.1) is 19.8 Å². The number of hydrogen-bond donors (Lipinski definition) is 2. The van der Waals surface area contributed by atoms with Crippen LogP contribution in [0.4, 0.5) is 0 Å². The summed E-state index contributed by atoms with van der Waals surface area (Å²) < 4.78 is 10.8. The predicted molar refractivity (Wildman–Crippen MR) is 110 cm³/mol. The van der Waals surface area contributed by atoms with Gasteiger partial charge in [0.15, 0.2) is 0 Å². The van der Waals surface area contributed by atoms with Crippen LogP contribution >= 0.6 is 0 Å². The molecule has 2 aromatic rings. The van der Waals surface area contributed by atoms with Crippen LogP contribution in [-0.2, 0) is 16.1 Å². The van der Waals surface area contributed by atoms with Gasteiger partial charge in [0.25, 0.3) is 5.91 Å². The number of benzene rings is 1. The molecule has 0 aliphatic carbocycles. The summed E-state index contributed by atoms with van der Waals surface area (Å²) in [6, 6.07) is 9.43. The van der Waals surface area contributed by atoms with Crippen molar-refractivity contribution in [3.63, 3.8) is 0 Å². The summed E-state index contributed by atoms with van der Waals surface area (Å²) in [5.74, 6) is -1.92. The minimum Gasteiger partial charge on any atom is -0.497 e. The molecule has 1 aromatic carbocycles. The van der Waals surface area contributed by atoms with Crippen LogP contribution in [0.15, 0.2) is 42.7 Å². The van der Waals surface area contributed by atoms with Crippen molar-refractivity contribution in [1.29, 1.82) is 0 Å². The minimum atomic E-state index is -1.82. The molecule has 3 rings (SSSR count). The summed E-state index contributed by atoms with van der Waals surface area (Å²) in [7, 11) is 3.34. The van der Waals surface area contributed by atoms with E-state index in [0.717, 1.165) is 36.7 Å². The molecular weight excluding hydrogens is 406 g/mol. The standard InChI is InChI=1S/C19H23N3O3.C2H2O4/c1-24-17-5-6-18(25-2)16(12-17)14-21-8-10-22(11-9-21)19(23)15-4-3-7-20-13-15;3-1(4)2(5)6/h3-7,12-13H,8-11,14H2,1-2H3;(H,3,4)(H,5,6). The maximum Gasteiger partial charge on any atom is 0.414 e. The second-order valence-electron chi connectivity index (χ2n) is 6.60. The Morgan fingerprint density at radius 2 is 1.68 bits per heavy atom. The van der Waals surface area contributed by atoms with Crippen molar-refractivity contribution in [3.05, 3.63) is 53.9 Å². The molecule has 0 unspecified atom stereocenters. The van der Waals surface area contributed by atoms with Gasteiger partial charge in [-0.3, -0.25) is 14.7 Å². The van der Waals surface area contributed by atoms with E-state index >= 15 is 0 Å². The zero-order valence-electron chi connectivity index (χ0n) is 17.4. The maximum absolute atomic E-state index is 12.5. The highest BCUT2D eigenvalue weighted by molar-refractivity contribution is 6.27. The minimum absolute atomic E-state index is 0.0479. The third kappa shape index (κ3) is 6.96. The van der Waals surface area contributed by atoms with Gasteiger partial charge in [-0.1, -0.05) is 0 Å². The molecule has 2 N–H and O–H groups in total. The van der Waals surface area contributed by atoms with Crippen LogP contribution in [0.3, 0.4) is 0 Å². The maximum atomic E-state index is 12.5. The molecule has 10 nitrogen and oxygen atoms in total. The van der Waals surface area contributed by atoms with Crippen molar-refractivity contribution in [3.8, 4) is 11.5 Å². The van der Waals surface area contributed by atoms with Gasteiger partial charge in [-0.25, -0.2) is 9.59 Å². The third-order valence-electron chi connectivity index (χ3n) is 4.63. The first-order chi connectivity index (χ1) is 14.8. The Labute approximate surface area is 179 Å². The molecule has 1 aliphatic rings. The molecule has 1 aromatic heterocycles. The topological polar surface area (TPSA) is 130 Å². The lowest BCUT2D eigenvalue weighted by molar-refractivity contribution is -0.159. The lowest BCUT2D eigenvalue weighted by Gasteiger charge is -2.35. The summed E-state index contributed by atoms with van der Waals surface area (Å²) in [6.45, 7) is 3.84. The number of amides is 1. The first-order valence-electron chi connectivity index (χ1n) is 9.44. The molecule has 0 bridgehead atoms. The second-order valence-corrected chi connectivity index (χ2v) is 6.60. The molecule has 10 heteroatoms. The Morgan fingerprint density at radius 1 is 1.00 bits per heavy atom. The number of carboxylic acid groups (broad SMARTS) is 2. The Kier molecular flexibility index (Phi) is 8.77. The van der Waals surface area contributed by atoms with E-state index in [0.29, 0.717) is 18.7 Å². The molecule has 1 amide bonds. The van der Waals surface area contributed by atoms with Gasteiger partial charge < -0.3 is 24.6 Å². The zero-order chi connectivity index (χ0) is 22.8. The van der Waals surface area contributed by atoms with E-state index < -0.39 is 11.9 Å². The normalized spacial score (nSPS) is 13.5. The number of aliphatic carboxylic acids is 2. The fourth-order valence-corrected chi connectivity index (χ4v) is 3.03. The van der Waals surface area contributed by atoms with Gasteiger partial charge in [0, 0.05) is 50.7 Å². The lowest BCUT2D eigenvalue weighted by atomic mass is 10.1. The van der Waals surface area contributed by atoms with E-state index in [1.54, 1.807) is 32.7 Å². The molecular formula is C21H25N3O7. The van der Waals surface area contributed by atoms with Crippen molar-refractivity contribution < 1.29 is 34.1 Å². The first-order valence-corrected chi connectivity index (χ1v) is 9.44. The van der Waals surface area contributed by atoms with Crippen LogP contribution < -0.4 is 9.47 Å². The Hall–Kier alpha value is -3.66. The van der Waals surface area contributed by atoms with E-state index in [4.69, 9.17) is 29.3 Å². The Bertz CT molecular complexity index is 885. The van der Waals surface area contributed by atoms with Crippen LogP contribution in [0, 0.1) is 0 Å². The first kappa shape index (κ1) is 23.6. The lowest BCUT2D eigenvalue weighted by Crippen LogP contribution is -2.48. The molecule has 0 atom stereocenters. The second kappa shape index (κ2) is 11.5. The van der Waals surface area contributed by atoms with Crippen molar-refractivity contribution in [2.45, 2.75) is 6.54 Å². The number of pyridine rings is 1. The SMILES string of the molecule is COc1ccc(OC)c(CN2CCN(C(=O)c3cccnc3)CC2)c1.O=C(O)C(=O)O. The fourth-order valence-electron chi connectivity index (χ4n) is 3.03. The van der Waals surface area contributed by atoms with Crippen LogP contribution in [0.2, 0.25) is 0 Å². The molecule has 1 aliphatic heterocycles. The monoisotopic (exact) mass is 431 g/mol. The van der Waals surface area contributed by atoms with Crippen LogP contribution in [-0.4, -0.2) is 83.2 Å². The Balaban J connectivity index is 0.000000501. The average molecular weight is 431 g/mol. The smallest absolute Gasteiger partial charge is 0.414 e. The third-order valence-corrected chi connectivity index (χ3v) is 4.63. The number of ether oxygens (including phenoxy) is 2. The van der Waals surface area contributed by atoms with E-state index in [-0.39, 0.29) is 5.91 Å². The highest BCUT2D eigenvalue weighted by Crippen LogP contribution is 2.25. The molecule has 0 radical (unpaired) electrons. The molecule has 0 saturated carbocycles. The number of carbonyl (C=O) groups excluding carboxylic acids is 1. The van der Waals surface area contributed by atoms with Crippen LogP contribution in [0.25, 0.3) is 0 Å². The van der Waals surface area contributed by atoms with E-state index in [2.05, 4.69) is 9.88 Å². The van der Waals surface area contributed by atoms with Crippen molar-refractivity contribution in [2.24, 2.45) is 0 Å². The molecule has 1 fully saturated rings. The number of carbonyl (C=O) groups is 3. The van der Waals surface area contributed by atoms with E-state index in [1.807, 2.05) is 29.2 Å². The van der Waals surface area contributed by atoms with Gasteiger partial charge in [-0.15, -0.1) is 0 Å². The summed E-state index contributed by atoms with van der Waals surface area (Å²) in [4.78, 5) is 38.9.